The summed E-state index contributed by atoms with van der Waals surface area (Å²) >= 11 is 0. The molecule has 2 fully saturated rings. The maximum absolute atomic E-state index is 12.4. The van der Waals surface area contributed by atoms with E-state index in [0.717, 1.165) is 51.9 Å². The van der Waals surface area contributed by atoms with Crippen molar-refractivity contribution in [1.29, 1.82) is 0 Å². The van der Waals surface area contributed by atoms with E-state index >= 15 is 0 Å². The normalized spacial score (nSPS) is 28.3. The molecule has 0 bridgehead atoms. The lowest BCUT2D eigenvalue weighted by atomic mass is 10.1. The SMILES string of the molecule is CC(C)CCO[C@H](C)C(=O)N1CCN([C@@H]2CCC[C@H]2O)CC1. The van der Waals surface area contributed by atoms with Crippen molar-refractivity contribution in [1.82, 2.24) is 9.80 Å². The smallest absolute Gasteiger partial charge is 0.251 e. The Morgan fingerprint density at radius 1 is 1.18 bits per heavy atom. The summed E-state index contributed by atoms with van der Waals surface area (Å²) in [5.74, 6) is 0.707. The molecule has 1 saturated carbocycles. The van der Waals surface area contributed by atoms with Crippen LogP contribution >= 0.6 is 0 Å². The molecule has 1 aliphatic heterocycles. The van der Waals surface area contributed by atoms with Gasteiger partial charge in [-0.15, -0.1) is 0 Å². The van der Waals surface area contributed by atoms with Gasteiger partial charge in [0, 0.05) is 38.8 Å². The van der Waals surface area contributed by atoms with Crippen molar-refractivity contribution in [2.24, 2.45) is 5.92 Å². The highest BCUT2D eigenvalue weighted by molar-refractivity contribution is 5.80. The van der Waals surface area contributed by atoms with Crippen molar-refractivity contribution in [3.05, 3.63) is 0 Å². The third-order valence-electron chi connectivity index (χ3n) is 4.95. The number of hydrogen-bond acceptors (Lipinski definition) is 4. The van der Waals surface area contributed by atoms with Crippen molar-refractivity contribution < 1.29 is 14.6 Å². The van der Waals surface area contributed by atoms with Gasteiger partial charge < -0.3 is 14.7 Å². The first-order valence-electron chi connectivity index (χ1n) is 8.81. The molecule has 0 aromatic carbocycles. The summed E-state index contributed by atoms with van der Waals surface area (Å²) in [5.41, 5.74) is 0. The first kappa shape index (κ1) is 17.7. The van der Waals surface area contributed by atoms with Gasteiger partial charge in [0.1, 0.15) is 6.10 Å². The van der Waals surface area contributed by atoms with Gasteiger partial charge in [-0.05, 0) is 38.5 Å². The van der Waals surface area contributed by atoms with Crippen molar-refractivity contribution in [2.75, 3.05) is 32.8 Å². The van der Waals surface area contributed by atoms with E-state index in [1.165, 1.54) is 0 Å². The molecule has 2 aliphatic rings. The van der Waals surface area contributed by atoms with E-state index in [-0.39, 0.29) is 18.1 Å². The number of piperazine rings is 1. The fraction of sp³-hybridized carbons (Fsp3) is 0.941. The average molecular weight is 312 g/mol. The molecule has 0 radical (unpaired) electrons. The zero-order valence-electron chi connectivity index (χ0n) is 14.3. The van der Waals surface area contributed by atoms with E-state index in [0.29, 0.717) is 18.6 Å². The summed E-state index contributed by atoms with van der Waals surface area (Å²) in [6.07, 6.45) is 3.59. The second-order valence-electron chi connectivity index (χ2n) is 7.12. The minimum atomic E-state index is -0.345. The van der Waals surface area contributed by atoms with Crippen molar-refractivity contribution in [3.8, 4) is 0 Å². The zero-order chi connectivity index (χ0) is 16.1. The first-order chi connectivity index (χ1) is 10.5. The van der Waals surface area contributed by atoms with E-state index in [1.54, 1.807) is 0 Å². The molecule has 3 atom stereocenters. The number of aliphatic hydroxyl groups is 1. The van der Waals surface area contributed by atoms with Gasteiger partial charge in [0.25, 0.3) is 5.91 Å². The fourth-order valence-corrected chi connectivity index (χ4v) is 3.43. The van der Waals surface area contributed by atoms with Crippen LogP contribution in [0, 0.1) is 5.92 Å². The Morgan fingerprint density at radius 3 is 2.41 bits per heavy atom. The molecule has 0 spiro atoms. The standard InChI is InChI=1S/C17H32N2O3/c1-13(2)7-12-22-14(3)17(21)19-10-8-18(9-11-19)15-5-4-6-16(15)20/h13-16,20H,4-12H2,1-3H3/t14-,15-,16-/m1/s1. The molecule has 5 nitrogen and oxygen atoms in total. The molecule has 1 amide bonds. The predicted molar refractivity (Wildman–Crippen MR) is 86.7 cm³/mol. The molecule has 0 aromatic rings. The Labute approximate surface area is 134 Å². The Hall–Kier alpha value is -0.650. The number of rotatable bonds is 6. The predicted octanol–water partition coefficient (Wildman–Crippen LogP) is 1.50. The van der Waals surface area contributed by atoms with Crippen LogP contribution in [0.3, 0.4) is 0 Å². The lowest BCUT2D eigenvalue weighted by molar-refractivity contribution is -0.145. The molecular formula is C17H32N2O3. The van der Waals surface area contributed by atoms with Gasteiger partial charge in [0.05, 0.1) is 6.10 Å². The summed E-state index contributed by atoms with van der Waals surface area (Å²) in [5, 5.41) is 10.0. The van der Waals surface area contributed by atoms with Crippen molar-refractivity contribution in [2.45, 2.75) is 64.7 Å². The van der Waals surface area contributed by atoms with Crippen LogP contribution in [-0.2, 0) is 9.53 Å². The van der Waals surface area contributed by atoms with Crippen LogP contribution in [0.5, 0.6) is 0 Å². The summed E-state index contributed by atoms with van der Waals surface area (Å²) in [6.45, 7) is 10.1. The Bertz CT molecular complexity index is 354. The van der Waals surface area contributed by atoms with Crippen molar-refractivity contribution in [3.63, 3.8) is 0 Å². The van der Waals surface area contributed by atoms with Gasteiger partial charge >= 0.3 is 0 Å². The summed E-state index contributed by atoms with van der Waals surface area (Å²) < 4.78 is 5.67. The molecule has 0 aromatic heterocycles. The first-order valence-corrected chi connectivity index (χ1v) is 8.81. The maximum Gasteiger partial charge on any atom is 0.251 e. The lowest BCUT2D eigenvalue weighted by Crippen LogP contribution is -2.55. The second-order valence-corrected chi connectivity index (χ2v) is 7.12. The van der Waals surface area contributed by atoms with E-state index in [4.69, 9.17) is 4.74 Å². The van der Waals surface area contributed by atoms with Crippen LogP contribution in [-0.4, -0.2) is 71.8 Å². The molecule has 0 unspecified atom stereocenters. The number of carbonyl (C=O) groups is 1. The highest BCUT2D eigenvalue weighted by Crippen LogP contribution is 2.25. The summed E-state index contributed by atoms with van der Waals surface area (Å²) in [6, 6.07) is 0.303. The molecular weight excluding hydrogens is 280 g/mol. The fourth-order valence-electron chi connectivity index (χ4n) is 3.43. The van der Waals surface area contributed by atoms with Crippen LogP contribution < -0.4 is 0 Å². The number of amides is 1. The van der Waals surface area contributed by atoms with Gasteiger partial charge in [-0.25, -0.2) is 0 Å². The molecule has 5 heteroatoms. The third-order valence-corrected chi connectivity index (χ3v) is 4.95. The van der Waals surface area contributed by atoms with E-state index in [1.807, 2.05) is 11.8 Å². The number of hydrogen-bond donors (Lipinski definition) is 1. The number of carbonyl (C=O) groups excluding carboxylic acids is 1. The Morgan fingerprint density at radius 2 is 1.86 bits per heavy atom. The summed E-state index contributed by atoms with van der Waals surface area (Å²) in [4.78, 5) is 16.7. The monoisotopic (exact) mass is 312 g/mol. The van der Waals surface area contributed by atoms with Crippen LogP contribution in [0.4, 0.5) is 0 Å². The highest BCUT2D eigenvalue weighted by Gasteiger charge is 2.34. The van der Waals surface area contributed by atoms with Crippen molar-refractivity contribution >= 4 is 5.91 Å². The molecule has 1 heterocycles. The molecule has 2 rings (SSSR count). The summed E-state index contributed by atoms with van der Waals surface area (Å²) in [7, 11) is 0. The Kier molecular flexibility index (Phi) is 6.66. The number of ether oxygens (including phenoxy) is 1. The Balaban J connectivity index is 1.72. The molecule has 1 aliphatic carbocycles. The van der Waals surface area contributed by atoms with Crippen LogP contribution in [0.15, 0.2) is 0 Å². The lowest BCUT2D eigenvalue weighted by Gasteiger charge is -2.39. The second kappa shape index (κ2) is 8.27. The molecule has 1 saturated heterocycles. The third kappa shape index (κ3) is 4.67. The van der Waals surface area contributed by atoms with Crippen LogP contribution in [0.1, 0.15) is 46.5 Å². The van der Waals surface area contributed by atoms with Gasteiger partial charge in [-0.2, -0.15) is 0 Å². The van der Waals surface area contributed by atoms with E-state index in [2.05, 4.69) is 18.7 Å². The molecule has 1 N–H and O–H groups in total. The zero-order valence-corrected chi connectivity index (χ0v) is 14.3. The largest absolute Gasteiger partial charge is 0.391 e. The highest BCUT2D eigenvalue weighted by atomic mass is 16.5. The molecule has 128 valence electrons. The van der Waals surface area contributed by atoms with E-state index in [9.17, 15) is 9.90 Å². The minimum Gasteiger partial charge on any atom is -0.391 e. The minimum absolute atomic E-state index is 0.107. The van der Waals surface area contributed by atoms with E-state index < -0.39 is 0 Å². The number of aliphatic hydroxyl groups excluding tert-OH is 1. The van der Waals surface area contributed by atoms with Crippen LogP contribution in [0.25, 0.3) is 0 Å². The van der Waals surface area contributed by atoms with Gasteiger partial charge in [0.2, 0.25) is 0 Å². The van der Waals surface area contributed by atoms with Gasteiger partial charge in [0.15, 0.2) is 0 Å². The topological polar surface area (TPSA) is 53.0 Å². The molecule has 22 heavy (non-hydrogen) atoms. The average Bonchev–Trinajstić information content (AvgIpc) is 2.92. The van der Waals surface area contributed by atoms with Gasteiger partial charge in [-0.1, -0.05) is 13.8 Å². The number of nitrogens with zero attached hydrogens (tertiary/aromatic N) is 2. The maximum atomic E-state index is 12.4. The van der Waals surface area contributed by atoms with Gasteiger partial charge in [-0.3, -0.25) is 9.69 Å². The quantitative estimate of drug-likeness (QED) is 0.807. The van der Waals surface area contributed by atoms with Crippen LogP contribution in [0.2, 0.25) is 0 Å².